The number of thioether (sulfide) groups is 1. The molecule has 3 fully saturated rings. The third kappa shape index (κ3) is 5.62. The molecule has 41 heavy (non-hydrogen) atoms. The van der Waals surface area contributed by atoms with E-state index in [-0.39, 0.29) is 24.3 Å². The molecule has 3 aliphatic heterocycles. The zero-order valence-electron chi connectivity index (χ0n) is 25.0. The normalized spacial score (nSPS) is 28.8. The van der Waals surface area contributed by atoms with Crippen molar-refractivity contribution in [3.05, 3.63) is 61.2 Å². The topological polar surface area (TPSA) is 81.2 Å². The van der Waals surface area contributed by atoms with E-state index in [4.69, 9.17) is 0 Å². The van der Waals surface area contributed by atoms with Crippen LogP contribution in [0.2, 0.25) is 0 Å². The van der Waals surface area contributed by atoms with E-state index in [1.165, 1.54) is 0 Å². The van der Waals surface area contributed by atoms with Gasteiger partial charge in [-0.3, -0.25) is 14.4 Å². The van der Waals surface area contributed by atoms with E-state index in [0.29, 0.717) is 39.0 Å². The quantitative estimate of drug-likeness (QED) is 0.241. The summed E-state index contributed by atoms with van der Waals surface area (Å²) in [6, 6.07) is 8.67. The summed E-state index contributed by atoms with van der Waals surface area (Å²) in [5.41, 5.74) is 1.02. The van der Waals surface area contributed by atoms with Crippen LogP contribution in [-0.2, 0) is 20.9 Å². The SMILES string of the molecule is C=CCN(CCCCC)C(=O)C1N([C@@H](CC)CO)C(=O)[C@@H]2[C@H](C(=O)N(CC=C)Cc3ccccc3)[C@]3(C)CCC12S3. The van der Waals surface area contributed by atoms with Crippen LogP contribution in [-0.4, -0.2) is 85.3 Å². The molecule has 3 heterocycles. The Balaban J connectivity index is 1.75. The Hall–Kier alpha value is -2.58. The molecule has 1 aromatic carbocycles. The Labute approximate surface area is 250 Å². The molecule has 1 spiro atoms. The van der Waals surface area contributed by atoms with Gasteiger partial charge in [0.05, 0.1) is 29.2 Å². The van der Waals surface area contributed by atoms with Crippen molar-refractivity contribution in [2.45, 2.75) is 87.4 Å². The van der Waals surface area contributed by atoms with E-state index < -0.39 is 33.4 Å². The molecular weight excluding hydrogens is 534 g/mol. The van der Waals surface area contributed by atoms with Gasteiger partial charge in [-0.05, 0) is 38.2 Å². The number of carbonyl (C=O) groups is 3. The molecule has 7 nitrogen and oxygen atoms in total. The Morgan fingerprint density at radius 2 is 1.78 bits per heavy atom. The summed E-state index contributed by atoms with van der Waals surface area (Å²) in [6.07, 6.45) is 8.40. The van der Waals surface area contributed by atoms with Crippen molar-refractivity contribution in [3.8, 4) is 0 Å². The maximum absolute atomic E-state index is 14.5. The van der Waals surface area contributed by atoms with Gasteiger partial charge in [0.1, 0.15) is 6.04 Å². The highest BCUT2D eigenvalue weighted by atomic mass is 32.2. The van der Waals surface area contributed by atoms with Crippen LogP contribution < -0.4 is 0 Å². The number of benzene rings is 1. The zero-order chi connectivity index (χ0) is 29.8. The predicted octanol–water partition coefficient (Wildman–Crippen LogP) is 4.66. The van der Waals surface area contributed by atoms with E-state index in [1.54, 1.807) is 33.7 Å². The van der Waals surface area contributed by atoms with Gasteiger partial charge in [-0.2, -0.15) is 0 Å². The number of aliphatic hydroxyl groups is 1. The Morgan fingerprint density at radius 3 is 2.39 bits per heavy atom. The minimum absolute atomic E-state index is 0.0559. The average Bonchev–Trinajstić information content (AvgIpc) is 3.54. The molecule has 3 amide bonds. The van der Waals surface area contributed by atoms with Crippen LogP contribution in [0.1, 0.15) is 64.9 Å². The van der Waals surface area contributed by atoms with Gasteiger partial charge in [0.25, 0.3) is 0 Å². The summed E-state index contributed by atoms with van der Waals surface area (Å²) in [5, 5.41) is 10.4. The number of amides is 3. The third-order valence-corrected chi connectivity index (χ3v) is 11.3. The highest BCUT2D eigenvalue weighted by Crippen LogP contribution is 2.72. The molecule has 2 unspecified atom stereocenters. The maximum atomic E-state index is 14.5. The lowest BCUT2D eigenvalue weighted by atomic mass is 9.66. The molecule has 1 aromatic rings. The van der Waals surface area contributed by atoms with Crippen LogP contribution in [0.15, 0.2) is 55.6 Å². The summed E-state index contributed by atoms with van der Waals surface area (Å²) >= 11 is 1.69. The molecule has 2 bridgehead atoms. The first-order valence-corrected chi connectivity index (χ1v) is 16.0. The lowest BCUT2D eigenvalue weighted by molar-refractivity contribution is -0.148. The number of carbonyl (C=O) groups excluding carboxylic acids is 3. The van der Waals surface area contributed by atoms with Gasteiger partial charge in [-0.25, -0.2) is 0 Å². The van der Waals surface area contributed by atoms with Gasteiger partial charge >= 0.3 is 0 Å². The fourth-order valence-electron chi connectivity index (χ4n) is 7.39. The number of hydrogen-bond donors (Lipinski definition) is 1. The van der Waals surface area contributed by atoms with Crippen LogP contribution >= 0.6 is 11.8 Å². The molecule has 6 atom stereocenters. The number of nitrogens with zero attached hydrogens (tertiary/aromatic N) is 3. The minimum Gasteiger partial charge on any atom is -0.394 e. The monoisotopic (exact) mass is 581 g/mol. The summed E-state index contributed by atoms with van der Waals surface area (Å²) in [6.45, 7) is 15.6. The second-order valence-electron chi connectivity index (χ2n) is 12.0. The number of rotatable bonds is 15. The molecule has 3 aliphatic rings. The van der Waals surface area contributed by atoms with Crippen LogP contribution in [0.4, 0.5) is 0 Å². The maximum Gasteiger partial charge on any atom is 0.247 e. The number of hydrogen-bond acceptors (Lipinski definition) is 5. The van der Waals surface area contributed by atoms with Gasteiger partial charge in [0, 0.05) is 30.9 Å². The molecule has 0 aromatic heterocycles. The van der Waals surface area contributed by atoms with Crippen molar-refractivity contribution in [2.24, 2.45) is 11.8 Å². The third-order valence-electron chi connectivity index (χ3n) is 9.36. The summed E-state index contributed by atoms with van der Waals surface area (Å²) in [4.78, 5) is 48.8. The van der Waals surface area contributed by atoms with Crippen LogP contribution in [0.5, 0.6) is 0 Å². The Bertz CT molecular complexity index is 1120. The number of likely N-dealkylation sites (tertiary alicyclic amines) is 1. The van der Waals surface area contributed by atoms with Gasteiger partial charge in [0.2, 0.25) is 17.7 Å². The van der Waals surface area contributed by atoms with Crippen LogP contribution in [0.3, 0.4) is 0 Å². The number of aliphatic hydroxyl groups excluding tert-OH is 1. The van der Waals surface area contributed by atoms with E-state index in [0.717, 1.165) is 31.2 Å². The number of unbranched alkanes of at least 4 members (excludes halogenated alkanes) is 2. The Kier molecular flexibility index (Phi) is 10.1. The van der Waals surface area contributed by atoms with Crippen molar-refractivity contribution in [1.82, 2.24) is 14.7 Å². The van der Waals surface area contributed by atoms with E-state index in [1.807, 2.05) is 42.2 Å². The van der Waals surface area contributed by atoms with E-state index in [2.05, 4.69) is 27.0 Å². The van der Waals surface area contributed by atoms with Gasteiger partial charge in [-0.1, -0.05) is 69.2 Å². The second-order valence-corrected chi connectivity index (χ2v) is 13.9. The number of fused-ring (bicyclic) bond motifs is 1. The summed E-state index contributed by atoms with van der Waals surface area (Å²) < 4.78 is -1.16. The fourth-order valence-corrected chi connectivity index (χ4v) is 9.72. The molecule has 8 heteroatoms. The van der Waals surface area contributed by atoms with Gasteiger partial charge < -0.3 is 19.8 Å². The van der Waals surface area contributed by atoms with Crippen molar-refractivity contribution < 1.29 is 19.5 Å². The minimum atomic E-state index is -0.717. The second kappa shape index (κ2) is 13.2. The molecule has 0 saturated carbocycles. The van der Waals surface area contributed by atoms with Crippen molar-refractivity contribution >= 4 is 29.5 Å². The lowest BCUT2D eigenvalue weighted by Crippen LogP contribution is -2.57. The fraction of sp³-hybridized carbons (Fsp3) is 0.606. The highest BCUT2D eigenvalue weighted by Gasteiger charge is 2.78. The van der Waals surface area contributed by atoms with Crippen molar-refractivity contribution in [2.75, 3.05) is 26.2 Å². The molecule has 4 rings (SSSR count). The largest absolute Gasteiger partial charge is 0.394 e. The van der Waals surface area contributed by atoms with Gasteiger partial charge in [-0.15, -0.1) is 24.9 Å². The van der Waals surface area contributed by atoms with Gasteiger partial charge in [0.15, 0.2) is 0 Å². The molecule has 1 N–H and O–H groups in total. The first-order chi connectivity index (χ1) is 19.7. The predicted molar refractivity (Wildman–Crippen MR) is 165 cm³/mol. The zero-order valence-corrected chi connectivity index (χ0v) is 25.8. The first kappa shape index (κ1) is 31.4. The van der Waals surface area contributed by atoms with Crippen LogP contribution in [0.25, 0.3) is 0 Å². The summed E-state index contributed by atoms with van der Waals surface area (Å²) in [7, 11) is 0. The van der Waals surface area contributed by atoms with Crippen molar-refractivity contribution in [1.29, 1.82) is 0 Å². The van der Waals surface area contributed by atoms with E-state index in [9.17, 15) is 19.5 Å². The van der Waals surface area contributed by atoms with E-state index >= 15 is 0 Å². The smallest absolute Gasteiger partial charge is 0.247 e. The molecule has 224 valence electrons. The molecule has 0 aliphatic carbocycles. The Morgan fingerprint density at radius 1 is 1.10 bits per heavy atom. The van der Waals surface area contributed by atoms with Crippen LogP contribution in [0, 0.1) is 11.8 Å². The molecular formula is C33H47N3O4S. The average molecular weight is 582 g/mol. The highest BCUT2D eigenvalue weighted by molar-refractivity contribution is 8.02. The summed E-state index contributed by atoms with van der Waals surface area (Å²) in [5.74, 6) is -1.47. The lowest BCUT2D eigenvalue weighted by Gasteiger charge is -2.39. The first-order valence-electron chi connectivity index (χ1n) is 15.2. The molecule has 3 saturated heterocycles. The standard InChI is InChI=1S/C33H47N3O4S/c1-6-10-14-21-34(19-7-2)31(40)28-33-18-17-32(5,41-33)26(27(33)30(39)36(28)25(9-4)23-37)29(38)35(20-8-3)22-24-15-12-11-13-16-24/h7-8,11-13,15-16,25-28,37H,2-3,6,9-10,14,17-23H2,1,4-5H3/t25-,26+,27-,28?,32-,33?/m0/s1. The molecule has 0 radical (unpaired) electrons. The van der Waals surface area contributed by atoms with Crippen molar-refractivity contribution in [3.63, 3.8) is 0 Å².